The first-order valence-electron chi connectivity index (χ1n) is 6.28. The fraction of sp³-hybridized carbons (Fsp3) is 0.357. The van der Waals surface area contributed by atoms with E-state index in [1.54, 1.807) is 6.20 Å². The summed E-state index contributed by atoms with van der Waals surface area (Å²) < 4.78 is 1.44. The normalized spacial score (nSPS) is 12.6. The monoisotopic (exact) mass is 259 g/mol. The van der Waals surface area contributed by atoms with Gasteiger partial charge in [-0.05, 0) is 12.3 Å². The van der Waals surface area contributed by atoms with Crippen LogP contribution in [0, 0.1) is 5.92 Å². The average Bonchev–Trinajstić information content (AvgIpc) is 2.86. The SMILES string of the molecule is CC(C)C[C@H](C(=O)O)n1cc(-c2ccccc2)nn1. The Morgan fingerprint density at radius 3 is 2.58 bits per heavy atom. The Morgan fingerprint density at radius 2 is 2.00 bits per heavy atom. The van der Waals surface area contributed by atoms with E-state index >= 15 is 0 Å². The molecule has 1 heterocycles. The van der Waals surface area contributed by atoms with Crippen molar-refractivity contribution in [3.8, 4) is 11.3 Å². The van der Waals surface area contributed by atoms with Crippen molar-refractivity contribution in [3.05, 3.63) is 36.5 Å². The summed E-state index contributed by atoms with van der Waals surface area (Å²) in [5.74, 6) is -0.594. The Kier molecular flexibility index (Phi) is 3.94. The zero-order valence-corrected chi connectivity index (χ0v) is 11.0. The highest BCUT2D eigenvalue weighted by Gasteiger charge is 2.22. The maximum Gasteiger partial charge on any atom is 0.328 e. The second-order valence-electron chi connectivity index (χ2n) is 4.93. The minimum absolute atomic E-state index is 0.283. The molecule has 0 saturated heterocycles. The molecule has 5 nitrogen and oxygen atoms in total. The van der Waals surface area contributed by atoms with Crippen LogP contribution >= 0.6 is 0 Å². The van der Waals surface area contributed by atoms with E-state index in [-0.39, 0.29) is 5.92 Å². The summed E-state index contributed by atoms with van der Waals surface area (Å²) in [6, 6.07) is 8.94. The molecule has 1 aromatic carbocycles. The summed E-state index contributed by atoms with van der Waals surface area (Å²) in [5.41, 5.74) is 1.62. The van der Waals surface area contributed by atoms with Gasteiger partial charge in [0, 0.05) is 5.56 Å². The number of hydrogen-bond donors (Lipinski definition) is 1. The maximum absolute atomic E-state index is 11.3. The van der Waals surface area contributed by atoms with Crippen LogP contribution in [0.1, 0.15) is 26.3 Å². The molecule has 1 atom stereocenters. The van der Waals surface area contributed by atoms with Crippen molar-refractivity contribution in [2.75, 3.05) is 0 Å². The van der Waals surface area contributed by atoms with E-state index in [4.69, 9.17) is 0 Å². The topological polar surface area (TPSA) is 68.0 Å². The zero-order valence-electron chi connectivity index (χ0n) is 11.0. The van der Waals surface area contributed by atoms with Crippen molar-refractivity contribution < 1.29 is 9.90 Å². The van der Waals surface area contributed by atoms with E-state index in [1.807, 2.05) is 44.2 Å². The fourth-order valence-electron chi connectivity index (χ4n) is 1.94. The van der Waals surface area contributed by atoms with Crippen LogP contribution in [-0.2, 0) is 4.79 Å². The van der Waals surface area contributed by atoms with Crippen molar-refractivity contribution in [1.29, 1.82) is 0 Å². The second-order valence-corrected chi connectivity index (χ2v) is 4.93. The van der Waals surface area contributed by atoms with Crippen molar-refractivity contribution >= 4 is 5.97 Å². The minimum Gasteiger partial charge on any atom is -0.480 e. The van der Waals surface area contributed by atoms with Gasteiger partial charge in [0.1, 0.15) is 5.69 Å². The smallest absolute Gasteiger partial charge is 0.328 e. The summed E-state index contributed by atoms with van der Waals surface area (Å²) in [4.78, 5) is 11.3. The van der Waals surface area contributed by atoms with E-state index in [0.717, 1.165) is 5.56 Å². The lowest BCUT2D eigenvalue weighted by Crippen LogP contribution is -2.21. The molecule has 0 radical (unpaired) electrons. The highest BCUT2D eigenvalue weighted by Crippen LogP contribution is 2.20. The maximum atomic E-state index is 11.3. The second kappa shape index (κ2) is 5.65. The summed E-state index contributed by atoms with van der Waals surface area (Å²) >= 11 is 0. The highest BCUT2D eigenvalue weighted by molar-refractivity contribution is 5.72. The van der Waals surface area contributed by atoms with Crippen LogP contribution in [0.5, 0.6) is 0 Å². The molecule has 0 aliphatic rings. The largest absolute Gasteiger partial charge is 0.480 e. The standard InChI is InChI=1S/C14H17N3O2/c1-10(2)8-13(14(18)19)17-9-12(15-16-17)11-6-4-3-5-7-11/h3-7,9-10,13H,8H2,1-2H3,(H,18,19)/t13-/m1/s1. The first-order chi connectivity index (χ1) is 9.08. The number of carboxylic acid groups (broad SMARTS) is 1. The predicted molar refractivity (Wildman–Crippen MR) is 71.6 cm³/mol. The van der Waals surface area contributed by atoms with Crippen LogP contribution in [0.3, 0.4) is 0 Å². The molecule has 0 aliphatic heterocycles. The number of rotatable bonds is 5. The van der Waals surface area contributed by atoms with E-state index < -0.39 is 12.0 Å². The third kappa shape index (κ3) is 3.19. The third-order valence-electron chi connectivity index (χ3n) is 2.88. The highest BCUT2D eigenvalue weighted by atomic mass is 16.4. The Bertz CT molecular complexity index is 549. The van der Waals surface area contributed by atoms with Gasteiger partial charge in [-0.25, -0.2) is 9.48 Å². The molecular weight excluding hydrogens is 242 g/mol. The first kappa shape index (κ1) is 13.3. The van der Waals surface area contributed by atoms with Crippen LogP contribution in [0.15, 0.2) is 36.5 Å². The molecule has 0 aliphatic carbocycles. The quantitative estimate of drug-likeness (QED) is 0.896. The molecule has 2 aromatic rings. The van der Waals surface area contributed by atoms with E-state index in [0.29, 0.717) is 12.1 Å². The van der Waals surface area contributed by atoms with Gasteiger partial charge in [-0.1, -0.05) is 49.4 Å². The lowest BCUT2D eigenvalue weighted by atomic mass is 10.0. The Hall–Kier alpha value is -2.17. The van der Waals surface area contributed by atoms with Gasteiger partial charge in [0.2, 0.25) is 0 Å². The van der Waals surface area contributed by atoms with Crippen LogP contribution in [-0.4, -0.2) is 26.1 Å². The molecule has 1 N–H and O–H groups in total. The van der Waals surface area contributed by atoms with E-state index in [1.165, 1.54) is 4.68 Å². The fourth-order valence-corrected chi connectivity index (χ4v) is 1.94. The first-order valence-corrected chi connectivity index (χ1v) is 6.28. The Morgan fingerprint density at radius 1 is 1.32 bits per heavy atom. The van der Waals surface area contributed by atoms with Crippen LogP contribution in [0.4, 0.5) is 0 Å². The van der Waals surface area contributed by atoms with Crippen molar-refractivity contribution in [2.45, 2.75) is 26.3 Å². The number of hydrogen-bond acceptors (Lipinski definition) is 3. The van der Waals surface area contributed by atoms with Crippen molar-refractivity contribution in [1.82, 2.24) is 15.0 Å². The summed E-state index contributed by atoms with van der Waals surface area (Å²) in [7, 11) is 0. The predicted octanol–water partition coefficient (Wildman–Crippen LogP) is 2.62. The lowest BCUT2D eigenvalue weighted by molar-refractivity contribution is -0.141. The Labute approximate surface area is 111 Å². The third-order valence-corrected chi connectivity index (χ3v) is 2.88. The molecule has 0 saturated carbocycles. The zero-order chi connectivity index (χ0) is 13.8. The van der Waals surface area contributed by atoms with Gasteiger partial charge in [0.15, 0.2) is 6.04 Å². The summed E-state index contributed by atoms with van der Waals surface area (Å²) in [5, 5.41) is 17.3. The molecule has 19 heavy (non-hydrogen) atoms. The van der Waals surface area contributed by atoms with Crippen LogP contribution in [0.25, 0.3) is 11.3 Å². The lowest BCUT2D eigenvalue weighted by Gasteiger charge is -2.13. The van der Waals surface area contributed by atoms with Gasteiger partial charge in [0.05, 0.1) is 6.20 Å². The number of benzene rings is 1. The van der Waals surface area contributed by atoms with Crippen LogP contribution in [0.2, 0.25) is 0 Å². The molecule has 2 rings (SSSR count). The molecule has 0 fully saturated rings. The molecule has 5 heteroatoms. The number of aromatic nitrogens is 3. The van der Waals surface area contributed by atoms with Gasteiger partial charge < -0.3 is 5.11 Å². The van der Waals surface area contributed by atoms with E-state index in [9.17, 15) is 9.90 Å². The van der Waals surface area contributed by atoms with E-state index in [2.05, 4.69) is 10.3 Å². The van der Waals surface area contributed by atoms with Gasteiger partial charge in [-0.3, -0.25) is 0 Å². The van der Waals surface area contributed by atoms with Crippen molar-refractivity contribution in [2.24, 2.45) is 5.92 Å². The van der Waals surface area contributed by atoms with Gasteiger partial charge in [-0.15, -0.1) is 5.10 Å². The molecule has 1 aromatic heterocycles. The van der Waals surface area contributed by atoms with Crippen LogP contribution < -0.4 is 0 Å². The number of carboxylic acids is 1. The molecule has 100 valence electrons. The van der Waals surface area contributed by atoms with Gasteiger partial charge in [-0.2, -0.15) is 0 Å². The number of aliphatic carboxylic acids is 1. The summed E-state index contributed by atoms with van der Waals surface area (Å²) in [6.07, 6.45) is 2.23. The van der Waals surface area contributed by atoms with Crippen molar-refractivity contribution in [3.63, 3.8) is 0 Å². The number of carbonyl (C=O) groups is 1. The molecule has 0 bridgehead atoms. The molecule has 0 spiro atoms. The minimum atomic E-state index is -0.877. The molecule has 0 amide bonds. The van der Waals surface area contributed by atoms with Gasteiger partial charge in [0.25, 0.3) is 0 Å². The number of nitrogens with zero attached hydrogens (tertiary/aromatic N) is 3. The average molecular weight is 259 g/mol. The Balaban J connectivity index is 2.26. The molecule has 0 unspecified atom stereocenters. The van der Waals surface area contributed by atoms with Gasteiger partial charge >= 0.3 is 5.97 Å². The molecular formula is C14H17N3O2. The summed E-state index contributed by atoms with van der Waals surface area (Å²) in [6.45, 7) is 3.98.